The zero-order chi connectivity index (χ0) is 23.5. The Bertz CT molecular complexity index is 995. The number of carbonyl (C=O) groups excluding carboxylic acids is 1. The van der Waals surface area contributed by atoms with Gasteiger partial charge in [0.05, 0.1) is 16.8 Å². The highest BCUT2D eigenvalue weighted by atomic mass is 35.5. The van der Waals surface area contributed by atoms with E-state index in [2.05, 4.69) is 16.3 Å². The average Bonchev–Trinajstić information content (AvgIpc) is 3.29. The lowest BCUT2D eigenvalue weighted by Crippen LogP contribution is -2.42. The maximum Gasteiger partial charge on any atom is 0.225 e. The van der Waals surface area contributed by atoms with E-state index in [0.717, 1.165) is 55.8 Å². The molecule has 2 fully saturated rings. The van der Waals surface area contributed by atoms with Crippen LogP contribution < -0.4 is 10.2 Å². The van der Waals surface area contributed by atoms with Crippen LogP contribution in [0, 0.1) is 11.8 Å². The normalized spacial score (nSPS) is 20.2. The van der Waals surface area contributed by atoms with Crippen LogP contribution in [-0.4, -0.2) is 48.7 Å². The smallest absolute Gasteiger partial charge is 0.225 e. The Labute approximate surface area is 210 Å². The van der Waals surface area contributed by atoms with Gasteiger partial charge in [-0.3, -0.25) is 4.79 Å². The molecule has 8 heteroatoms. The fourth-order valence-corrected chi connectivity index (χ4v) is 5.55. The summed E-state index contributed by atoms with van der Waals surface area (Å²) in [5, 5.41) is 14.7. The van der Waals surface area contributed by atoms with E-state index in [0.29, 0.717) is 21.6 Å². The first-order chi connectivity index (χ1) is 15.9. The fraction of sp³-hybridized carbons (Fsp3) is 0.480. The van der Waals surface area contributed by atoms with Gasteiger partial charge in [-0.15, -0.1) is 0 Å². The molecule has 33 heavy (non-hydrogen) atoms. The first-order valence-electron chi connectivity index (χ1n) is 11.5. The largest absolute Gasteiger partial charge is 0.396 e. The number of benzene rings is 2. The molecule has 0 aliphatic carbocycles. The highest BCUT2D eigenvalue weighted by Gasteiger charge is 2.32. The van der Waals surface area contributed by atoms with Gasteiger partial charge in [0, 0.05) is 60.4 Å². The molecule has 2 saturated heterocycles. The van der Waals surface area contributed by atoms with E-state index in [-0.39, 0.29) is 30.4 Å². The molecule has 0 radical (unpaired) electrons. The van der Waals surface area contributed by atoms with E-state index >= 15 is 0 Å². The highest BCUT2D eigenvalue weighted by Crippen LogP contribution is 2.34. The predicted octanol–water partition coefficient (Wildman–Crippen LogP) is 5.88. The number of piperidine rings is 1. The third kappa shape index (κ3) is 5.71. The molecule has 2 aliphatic heterocycles. The Morgan fingerprint density at radius 3 is 2.48 bits per heavy atom. The van der Waals surface area contributed by atoms with Crippen molar-refractivity contribution >= 4 is 52.1 Å². The van der Waals surface area contributed by atoms with Crippen molar-refractivity contribution in [3.8, 4) is 0 Å². The van der Waals surface area contributed by atoms with Crippen molar-refractivity contribution in [1.82, 2.24) is 4.90 Å². The zero-order valence-electron chi connectivity index (χ0n) is 18.7. The maximum absolute atomic E-state index is 12.9. The molecule has 2 aliphatic rings. The van der Waals surface area contributed by atoms with Crippen LogP contribution in [0.5, 0.6) is 0 Å². The maximum atomic E-state index is 12.9. The molecule has 1 unspecified atom stereocenters. The van der Waals surface area contributed by atoms with E-state index in [4.69, 9.17) is 34.8 Å². The molecule has 0 aromatic heterocycles. The van der Waals surface area contributed by atoms with E-state index in [9.17, 15) is 9.90 Å². The van der Waals surface area contributed by atoms with Gasteiger partial charge in [-0.25, -0.2) is 0 Å². The lowest BCUT2D eigenvalue weighted by atomic mass is 9.95. The number of rotatable bonds is 6. The summed E-state index contributed by atoms with van der Waals surface area (Å²) in [5.74, 6) is 0.549. The van der Waals surface area contributed by atoms with Crippen LogP contribution >= 0.6 is 34.8 Å². The van der Waals surface area contributed by atoms with Crippen LogP contribution in [0.25, 0.3) is 0 Å². The number of likely N-dealkylation sites (tertiary alicyclic amines) is 1. The molecule has 0 bridgehead atoms. The molecule has 5 nitrogen and oxygen atoms in total. The molecule has 2 aromatic rings. The average molecular weight is 511 g/mol. The van der Waals surface area contributed by atoms with Gasteiger partial charge in [-0.2, -0.15) is 0 Å². The van der Waals surface area contributed by atoms with Gasteiger partial charge in [0.25, 0.3) is 0 Å². The number of amides is 1. The number of aliphatic hydroxyl groups is 1. The lowest BCUT2D eigenvalue weighted by Gasteiger charge is -2.35. The van der Waals surface area contributed by atoms with E-state index in [1.165, 1.54) is 0 Å². The van der Waals surface area contributed by atoms with Crippen molar-refractivity contribution in [2.24, 2.45) is 11.8 Å². The number of nitrogens with zero attached hydrogens (tertiary/aromatic N) is 2. The molecule has 2 aromatic carbocycles. The molecular formula is C25H30Cl3N3O2. The summed E-state index contributed by atoms with van der Waals surface area (Å²) in [6, 6.07) is 11.5. The minimum atomic E-state index is -0.0471. The number of halogens is 3. The standard InChI is InChI=1S/C25H30Cl3N3O2/c1-16(21-4-2-19(26)12-23(21)28)29-24-13-20(3-5-22(24)27)30-10-7-18(8-11-30)25(33)31-9-6-17(14-31)15-32/h2-5,12-13,16-18,29,32H,6-11,14-15H2,1H3/t16-,17?/m1/s1. The van der Waals surface area contributed by atoms with Crippen molar-refractivity contribution in [2.45, 2.75) is 32.2 Å². The molecule has 178 valence electrons. The van der Waals surface area contributed by atoms with Gasteiger partial charge in [-0.05, 0) is 62.1 Å². The third-order valence-corrected chi connectivity index (χ3v) is 7.71. The van der Waals surface area contributed by atoms with Crippen molar-refractivity contribution in [3.63, 3.8) is 0 Å². The van der Waals surface area contributed by atoms with Crippen molar-refractivity contribution in [3.05, 3.63) is 57.0 Å². The number of carbonyl (C=O) groups is 1. The Balaban J connectivity index is 1.38. The van der Waals surface area contributed by atoms with Gasteiger partial charge in [0.1, 0.15) is 0 Å². The van der Waals surface area contributed by atoms with Gasteiger partial charge in [-0.1, -0.05) is 40.9 Å². The Morgan fingerprint density at radius 2 is 1.82 bits per heavy atom. The van der Waals surface area contributed by atoms with Crippen molar-refractivity contribution in [2.75, 3.05) is 43.0 Å². The Kier molecular flexibility index (Phi) is 7.95. The van der Waals surface area contributed by atoms with Gasteiger partial charge < -0.3 is 20.2 Å². The summed E-state index contributed by atoms with van der Waals surface area (Å²) >= 11 is 18.9. The number of anilines is 2. The second kappa shape index (κ2) is 10.7. The van der Waals surface area contributed by atoms with Crippen LogP contribution in [0.1, 0.15) is 37.8 Å². The minimum Gasteiger partial charge on any atom is -0.396 e. The number of hydrogen-bond donors (Lipinski definition) is 2. The monoisotopic (exact) mass is 509 g/mol. The Morgan fingerprint density at radius 1 is 1.06 bits per heavy atom. The summed E-state index contributed by atoms with van der Waals surface area (Å²) < 4.78 is 0. The second-order valence-corrected chi connectivity index (χ2v) is 10.3. The summed E-state index contributed by atoms with van der Waals surface area (Å²) in [7, 11) is 0. The van der Waals surface area contributed by atoms with Crippen LogP contribution in [0.3, 0.4) is 0 Å². The van der Waals surface area contributed by atoms with E-state index in [1.54, 1.807) is 6.07 Å². The first kappa shape index (κ1) is 24.5. The molecular weight excluding hydrogens is 481 g/mol. The summed E-state index contributed by atoms with van der Waals surface area (Å²) in [6.45, 7) is 5.32. The van der Waals surface area contributed by atoms with Crippen LogP contribution in [-0.2, 0) is 4.79 Å². The van der Waals surface area contributed by atoms with Crippen LogP contribution in [0.15, 0.2) is 36.4 Å². The third-order valence-electron chi connectivity index (χ3n) is 6.82. The molecule has 2 atom stereocenters. The van der Waals surface area contributed by atoms with Crippen molar-refractivity contribution < 1.29 is 9.90 Å². The predicted molar refractivity (Wildman–Crippen MR) is 137 cm³/mol. The fourth-order valence-electron chi connectivity index (χ4n) is 4.81. The highest BCUT2D eigenvalue weighted by molar-refractivity contribution is 6.35. The minimum absolute atomic E-state index is 0.0471. The molecule has 2 N–H and O–H groups in total. The lowest BCUT2D eigenvalue weighted by molar-refractivity contribution is -0.135. The summed E-state index contributed by atoms with van der Waals surface area (Å²) in [4.78, 5) is 17.1. The van der Waals surface area contributed by atoms with E-state index < -0.39 is 0 Å². The quantitative estimate of drug-likeness (QED) is 0.510. The topological polar surface area (TPSA) is 55.8 Å². The SMILES string of the molecule is C[C@@H](Nc1cc(N2CCC(C(=O)N3CCC(CO)C3)CC2)ccc1Cl)c1ccc(Cl)cc1Cl. The van der Waals surface area contributed by atoms with Gasteiger partial charge in [0.15, 0.2) is 0 Å². The number of nitrogens with one attached hydrogen (secondary N) is 1. The molecule has 0 saturated carbocycles. The second-order valence-electron chi connectivity index (χ2n) is 9.08. The van der Waals surface area contributed by atoms with E-state index in [1.807, 2.05) is 36.1 Å². The zero-order valence-corrected chi connectivity index (χ0v) is 21.0. The number of hydrogen-bond acceptors (Lipinski definition) is 4. The van der Waals surface area contributed by atoms with Crippen LogP contribution in [0.4, 0.5) is 11.4 Å². The number of aliphatic hydroxyl groups excluding tert-OH is 1. The van der Waals surface area contributed by atoms with Gasteiger partial charge in [0.2, 0.25) is 5.91 Å². The molecule has 0 spiro atoms. The Hall–Kier alpha value is -1.66. The molecule has 4 rings (SSSR count). The first-order valence-corrected chi connectivity index (χ1v) is 12.6. The molecule has 1 amide bonds. The summed E-state index contributed by atoms with van der Waals surface area (Å²) in [5.41, 5.74) is 2.88. The van der Waals surface area contributed by atoms with Crippen LogP contribution in [0.2, 0.25) is 15.1 Å². The molecule has 2 heterocycles. The van der Waals surface area contributed by atoms with Crippen molar-refractivity contribution in [1.29, 1.82) is 0 Å². The van der Waals surface area contributed by atoms with Gasteiger partial charge >= 0.3 is 0 Å². The summed E-state index contributed by atoms with van der Waals surface area (Å²) in [6.07, 6.45) is 2.57.